The van der Waals surface area contributed by atoms with E-state index in [-0.39, 0.29) is 0 Å². The van der Waals surface area contributed by atoms with Crippen LogP contribution in [0.15, 0.2) is 36.5 Å². The highest BCUT2D eigenvalue weighted by Gasteiger charge is 2.06. The second-order valence-electron chi connectivity index (χ2n) is 4.42. The van der Waals surface area contributed by atoms with Crippen molar-refractivity contribution in [3.05, 3.63) is 53.3 Å². The number of aromatic amines is 1. The van der Waals surface area contributed by atoms with Gasteiger partial charge in [-0.15, -0.1) is 0 Å². The SMILES string of the molecule is Cc1cccc(C(C)CCc2cc[nH]n2)c1. The Kier molecular flexibility index (Phi) is 3.40. The first-order valence-electron chi connectivity index (χ1n) is 5.81. The first-order valence-corrected chi connectivity index (χ1v) is 5.81. The zero-order valence-corrected chi connectivity index (χ0v) is 9.90. The van der Waals surface area contributed by atoms with Gasteiger partial charge in [-0.25, -0.2) is 0 Å². The quantitative estimate of drug-likeness (QED) is 0.829. The summed E-state index contributed by atoms with van der Waals surface area (Å²) in [7, 11) is 0. The minimum atomic E-state index is 0.594. The molecule has 0 saturated carbocycles. The molecule has 2 rings (SSSR count). The third-order valence-electron chi connectivity index (χ3n) is 3.00. The summed E-state index contributed by atoms with van der Waals surface area (Å²) in [5.74, 6) is 0.594. The Morgan fingerprint density at radius 1 is 1.31 bits per heavy atom. The van der Waals surface area contributed by atoms with Crippen molar-refractivity contribution in [1.82, 2.24) is 10.2 Å². The minimum absolute atomic E-state index is 0.594. The van der Waals surface area contributed by atoms with Crippen molar-refractivity contribution in [2.45, 2.75) is 32.6 Å². The Hall–Kier alpha value is -1.57. The average molecular weight is 214 g/mol. The van der Waals surface area contributed by atoms with Crippen LogP contribution in [-0.4, -0.2) is 10.2 Å². The zero-order valence-electron chi connectivity index (χ0n) is 9.90. The van der Waals surface area contributed by atoms with Gasteiger partial charge in [0.1, 0.15) is 0 Å². The number of H-pyrrole nitrogens is 1. The molecule has 1 aromatic heterocycles. The predicted octanol–water partition coefficient (Wildman–Crippen LogP) is 3.45. The maximum Gasteiger partial charge on any atom is 0.0622 e. The standard InChI is InChI=1S/C14H18N2/c1-11-4-3-5-13(10-11)12(2)6-7-14-8-9-15-16-14/h3-5,8-10,12H,6-7H2,1-2H3,(H,15,16). The molecular weight excluding hydrogens is 196 g/mol. The molecule has 0 aliphatic heterocycles. The number of hydrogen-bond donors (Lipinski definition) is 1. The fraction of sp³-hybridized carbons (Fsp3) is 0.357. The zero-order chi connectivity index (χ0) is 11.4. The Balaban J connectivity index is 1.95. The molecule has 0 aliphatic carbocycles. The molecule has 0 spiro atoms. The van der Waals surface area contributed by atoms with Crippen LogP contribution in [0.4, 0.5) is 0 Å². The first-order chi connectivity index (χ1) is 7.75. The highest BCUT2D eigenvalue weighted by molar-refractivity contribution is 5.25. The molecule has 0 fully saturated rings. The van der Waals surface area contributed by atoms with Crippen molar-refractivity contribution in [2.75, 3.05) is 0 Å². The fourth-order valence-corrected chi connectivity index (χ4v) is 1.94. The summed E-state index contributed by atoms with van der Waals surface area (Å²) < 4.78 is 0. The largest absolute Gasteiger partial charge is 0.285 e. The summed E-state index contributed by atoms with van der Waals surface area (Å²) in [6.07, 6.45) is 4.07. The molecule has 2 nitrogen and oxygen atoms in total. The molecule has 1 atom stereocenters. The van der Waals surface area contributed by atoms with Gasteiger partial charge in [-0.3, -0.25) is 5.10 Å². The van der Waals surface area contributed by atoms with Crippen LogP contribution in [0.3, 0.4) is 0 Å². The number of hydrogen-bond acceptors (Lipinski definition) is 1. The van der Waals surface area contributed by atoms with Gasteiger partial charge in [-0.05, 0) is 37.3 Å². The second kappa shape index (κ2) is 4.97. The normalized spacial score (nSPS) is 12.6. The minimum Gasteiger partial charge on any atom is -0.285 e. The Bertz CT molecular complexity index is 432. The van der Waals surface area contributed by atoms with E-state index in [0.29, 0.717) is 5.92 Å². The summed E-state index contributed by atoms with van der Waals surface area (Å²) in [5, 5.41) is 7.03. The number of nitrogens with one attached hydrogen (secondary N) is 1. The van der Waals surface area contributed by atoms with Crippen molar-refractivity contribution in [3.63, 3.8) is 0 Å². The van der Waals surface area contributed by atoms with Crippen LogP contribution in [0.25, 0.3) is 0 Å². The van der Waals surface area contributed by atoms with Gasteiger partial charge in [0.2, 0.25) is 0 Å². The van der Waals surface area contributed by atoms with Crippen LogP contribution >= 0.6 is 0 Å². The third kappa shape index (κ3) is 2.72. The van der Waals surface area contributed by atoms with Crippen LogP contribution in [0.5, 0.6) is 0 Å². The van der Waals surface area contributed by atoms with Crippen molar-refractivity contribution in [2.24, 2.45) is 0 Å². The highest BCUT2D eigenvalue weighted by Crippen LogP contribution is 2.21. The molecule has 0 amide bonds. The monoisotopic (exact) mass is 214 g/mol. The van der Waals surface area contributed by atoms with Crippen LogP contribution in [0.1, 0.15) is 36.1 Å². The van der Waals surface area contributed by atoms with E-state index in [1.54, 1.807) is 0 Å². The van der Waals surface area contributed by atoms with Gasteiger partial charge >= 0.3 is 0 Å². The topological polar surface area (TPSA) is 28.7 Å². The summed E-state index contributed by atoms with van der Waals surface area (Å²) in [5.41, 5.74) is 3.92. The molecule has 0 saturated heterocycles. The van der Waals surface area contributed by atoms with E-state index in [1.165, 1.54) is 11.1 Å². The lowest BCUT2D eigenvalue weighted by molar-refractivity contribution is 0.669. The molecule has 0 radical (unpaired) electrons. The molecule has 1 unspecified atom stereocenters. The molecule has 84 valence electrons. The van der Waals surface area contributed by atoms with E-state index in [4.69, 9.17) is 0 Å². The lowest BCUT2D eigenvalue weighted by Gasteiger charge is -2.11. The molecule has 2 heteroatoms. The van der Waals surface area contributed by atoms with Crippen molar-refractivity contribution in [3.8, 4) is 0 Å². The van der Waals surface area contributed by atoms with Gasteiger partial charge in [0.05, 0.1) is 5.69 Å². The predicted molar refractivity (Wildman–Crippen MR) is 66.5 cm³/mol. The number of aromatic nitrogens is 2. The van der Waals surface area contributed by atoms with E-state index in [0.717, 1.165) is 18.5 Å². The molecule has 16 heavy (non-hydrogen) atoms. The lowest BCUT2D eigenvalue weighted by atomic mass is 9.94. The van der Waals surface area contributed by atoms with Gasteiger partial charge in [0.25, 0.3) is 0 Å². The van der Waals surface area contributed by atoms with Crippen LogP contribution in [0.2, 0.25) is 0 Å². The average Bonchev–Trinajstić information content (AvgIpc) is 2.78. The summed E-state index contributed by atoms with van der Waals surface area (Å²) in [6.45, 7) is 4.42. The molecule has 0 aliphatic rings. The van der Waals surface area contributed by atoms with Crippen LogP contribution in [-0.2, 0) is 6.42 Å². The van der Waals surface area contributed by atoms with Crippen molar-refractivity contribution < 1.29 is 0 Å². The third-order valence-corrected chi connectivity index (χ3v) is 3.00. The number of aryl methyl sites for hydroxylation is 2. The lowest BCUT2D eigenvalue weighted by Crippen LogP contribution is -1.97. The van der Waals surface area contributed by atoms with Crippen molar-refractivity contribution in [1.29, 1.82) is 0 Å². The summed E-state index contributed by atoms with van der Waals surface area (Å²) in [4.78, 5) is 0. The van der Waals surface area contributed by atoms with Crippen LogP contribution in [0, 0.1) is 6.92 Å². The molecule has 0 bridgehead atoms. The van der Waals surface area contributed by atoms with Gasteiger partial charge in [0, 0.05) is 6.20 Å². The highest BCUT2D eigenvalue weighted by atomic mass is 15.1. The molecule has 1 heterocycles. The number of nitrogens with zero attached hydrogens (tertiary/aromatic N) is 1. The van der Waals surface area contributed by atoms with E-state index < -0.39 is 0 Å². The molecule has 1 aromatic carbocycles. The van der Waals surface area contributed by atoms with Crippen molar-refractivity contribution >= 4 is 0 Å². The molecule has 1 N–H and O–H groups in total. The van der Waals surface area contributed by atoms with E-state index in [9.17, 15) is 0 Å². The second-order valence-corrected chi connectivity index (χ2v) is 4.42. The van der Waals surface area contributed by atoms with Gasteiger partial charge in [-0.2, -0.15) is 5.10 Å². The van der Waals surface area contributed by atoms with E-state index >= 15 is 0 Å². The Morgan fingerprint density at radius 2 is 2.19 bits per heavy atom. The summed E-state index contributed by atoms with van der Waals surface area (Å²) in [6, 6.07) is 10.8. The Labute approximate surface area is 96.7 Å². The molecule has 2 aromatic rings. The van der Waals surface area contributed by atoms with Crippen LogP contribution < -0.4 is 0 Å². The van der Waals surface area contributed by atoms with E-state index in [1.807, 2.05) is 12.3 Å². The molecular formula is C14H18N2. The maximum atomic E-state index is 4.17. The fourth-order valence-electron chi connectivity index (χ4n) is 1.94. The van der Waals surface area contributed by atoms with Gasteiger partial charge in [-0.1, -0.05) is 36.8 Å². The summed E-state index contributed by atoms with van der Waals surface area (Å²) >= 11 is 0. The maximum absolute atomic E-state index is 4.17. The van der Waals surface area contributed by atoms with Gasteiger partial charge < -0.3 is 0 Å². The Morgan fingerprint density at radius 3 is 2.88 bits per heavy atom. The first kappa shape index (κ1) is 10.9. The van der Waals surface area contributed by atoms with E-state index in [2.05, 4.69) is 48.3 Å². The number of rotatable bonds is 4. The van der Waals surface area contributed by atoms with Gasteiger partial charge in [0.15, 0.2) is 0 Å². The smallest absolute Gasteiger partial charge is 0.0622 e. The number of benzene rings is 1.